The van der Waals surface area contributed by atoms with E-state index in [2.05, 4.69) is 21.2 Å². The topological polar surface area (TPSA) is 86.8 Å². The van der Waals surface area contributed by atoms with Crippen molar-refractivity contribution in [3.8, 4) is 0 Å². The zero-order valence-electron chi connectivity index (χ0n) is 20.4. The summed E-state index contributed by atoms with van der Waals surface area (Å²) >= 11 is 3.42. The molecule has 2 aromatic carbocycles. The van der Waals surface area contributed by atoms with Crippen LogP contribution in [0.25, 0.3) is 0 Å². The fourth-order valence-electron chi connectivity index (χ4n) is 3.43. The minimum absolute atomic E-state index is 0.0284. The van der Waals surface area contributed by atoms with Gasteiger partial charge in [-0.25, -0.2) is 8.42 Å². The van der Waals surface area contributed by atoms with E-state index in [0.717, 1.165) is 32.6 Å². The highest BCUT2D eigenvalue weighted by Gasteiger charge is 2.30. The minimum atomic E-state index is -3.74. The maximum absolute atomic E-state index is 13.5. The lowest BCUT2D eigenvalue weighted by molar-refractivity contribution is -0.139. The highest BCUT2D eigenvalue weighted by atomic mass is 79.9. The third-order valence-corrected chi connectivity index (χ3v) is 7.79. The van der Waals surface area contributed by atoms with Crippen molar-refractivity contribution in [3.05, 3.63) is 64.1 Å². The fourth-order valence-corrected chi connectivity index (χ4v) is 4.52. The molecule has 0 aliphatic heterocycles. The number of rotatable bonds is 11. The first-order chi connectivity index (χ1) is 15.9. The Hall–Kier alpha value is -2.39. The summed E-state index contributed by atoms with van der Waals surface area (Å²) in [5, 5.41) is 2.92. The van der Waals surface area contributed by atoms with Gasteiger partial charge in [-0.05, 0) is 62.9 Å². The van der Waals surface area contributed by atoms with Crippen LogP contribution >= 0.6 is 15.9 Å². The Morgan fingerprint density at radius 3 is 2.29 bits per heavy atom. The fraction of sp³-hybridized carbons (Fsp3) is 0.440. The van der Waals surface area contributed by atoms with Gasteiger partial charge >= 0.3 is 0 Å². The van der Waals surface area contributed by atoms with Crippen molar-refractivity contribution in [1.29, 1.82) is 0 Å². The lowest BCUT2D eigenvalue weighted by Crippen LogP contribution is -2.53. The molecule has 0 spiro atoms. The van der Waals surface area contributed by atoms with Gasteiger partial charge in [-0.3, -0.25) is 13.9 Å². The zero-order chi connectivity index (χ0) is 25.5. The van der Waals surface area contributed by atoms with Crippen LogP contribution in [0.5, 0.6) is 0 Å². The van der Waals surface area contributed by atoms with Gasteiger partial charge in [0, 0.05) is 17.1 Å². The second-order valence-corrected chi connectivity index (χ2v) is 11.3. The summed E-state index contributed by atoms with van der Waals surface area (Å²) in [6.07, 6.45) is 2.38. The molecule has 186 valence electrons. The summed E-state index contributed by atoms with van der Waals surface area (Å²) in [7, 11) is -3.74. The molecule has 2 aromatic rings. The van der Waals surface area contributed by atoms with Crippen molar-refractivity contribution in [2.45, 2.75) is 52.6 Å². The summed E-state index contributed by atoms with van der Waals surface area (Å²) in [5.41, 5.74) is 2.27. The van der Waals surface area contributed by atoms with Crippen LogP contribution in [0.1, 0.15) is 38.3 Å². The second-order valence-electron chi connectivity index (χ2n) is 8.52. The Bertz CT molecular complexity index is 1090. The largest absolute Gasteiger partial charge is 0.352 e. The molecule has 0 saturated carbocycles. The van der Waals surface area contributed by atoms with Crippen LogP contribution in [-0.4, -0.2) is 56.6 Å². The molecule has 2 amide bonds. The molecule has 0 saturated heterocycles. The monoisotopic (exact) mass is 551 g/mol. The number of carbonyl (C=O) groups excluding carboxylic acids is 2. The van der Waals surface area contributed by atoms with Crippen LogP contribution in [-0.2, 0) is 26.0 Å². The molecule has 0 bridgehead atoms. The highest BCUT2D eigenvalue weighted by molar-refractivity contribution is 9.10. The highest BCUT2D eigenvalue weighted by Crippen LogP contribution is 2.25. The van der Waals surface area contributed by atoms with Gasteiger partial charge in [0.05, 0.1) is 11.9 Å². The summed E-state index contributed by atoms with van der Waals surface area (Å²) in [5.74, 6) is -0.699. The Kier molecular flexibility index (Phi) is 10.1. The maximum atomic E-state index is 13.5. The molecule has 0 unspecified atom stereocenters. The normalized spacial score (nSPS) is 13.1. The Labute approximate surface area is 211 Å². The lowest BCUT2D eigenvalue weighted by atomic mass is 10.1. The SMILES string of the molecule is CC[C@@H](C)NC(=O)[C@H](C)N(CCc1ccccc1)C(=O)CN(c1ccc(Br)c(C)c1)S(C)(=O)=O. The number of hydrogen-bond acceptors (Lipinski definition) is 4. The van der Waals surface area contributed by atoms with Crippen LogP contribution in [0.15, 0.2) is 53.0 Å². The first kappa shape index (κ1) is 27.9. The molecule has 7 nitrogen and oxygen atoms in total. The van der Waals surface area contributed by atoms with Crippen LogP contribution < -0.4 is 9.62 Å². The van der Waals surface area contributed by atoms with E-state index in [-0.39, 0.29) is 18.5 Å². The van der Waals surface area contributed by atoms with Crippen LogP contribution in [0.3, 0.4) is 0 Å². The molecule has 0 fully saturated rings. The molecule has 2 atom stereocenters. The predicted octanol–water partition coefficient (Wildman–Crippen LogP) is 3.90. The molecular weight excluding hydrogens is 518 g/mol. The summed E-state index contributed by atoms with van der Waals surface area (Å²) in [6.45, 7) is 7.29. The van der Waals surface area contributed by atoms with E-state index in [1.165, 1.54) is 4.90 Å². The molecule has 0 heterocycles. The molecular formula is C25H34BrN3O4S. The van der Waals surface area contributed by atoms with E-state index in [1.807, 2.05) is 51.1 Å². The van der Waals surface area contributed by atoms with Gasteiger partial charge in [0.2, 0.25) is 21.8 Å². The van der Waals surface area contributed by atoms with Gasteiger partial charge in [-0.1, -0.05) is 53.2 Å². The van der Waals surface area contributed by atoms with Gasteiger partial charge in [0.25, 0.3) is 0 Å². The van der Waals surface area contributed by atoms with Crippen molar-refractivity contribution in [2.24, 2.45) is 0 Å². The first-order valence-corrected chi connectivity index (χ1v) is 14.0. The third-order valence-electron chi connectivity index (χ3n) is 5.76. The van der Waals surface area contributed by atoms with Crippen LogP contribution in [0.2, 0.25) is 0 Å². The minimum Gasteiger partial charge on any atom is -0.352 e. The van der Waals surface area contributed by atoms with Crippen molar-refractivity contribution in [1.82, 2.24) is 10.2 Å². The number of halogens is 1. The van der Waals surface area contributed by atoms with E-state index < -0.39 is 28.5 Å². The Morgan fingerprint density at radius 1 is 1.09 bits per heavy atom. The summed E-state index contributed by atoms with van der Waals surface area (Å²) in [6, 6.07) is 14.0. The van der Waals surface area contributed by atoms with Crippen molar-refractivity contribution < 1.29 is 18.0 Å². The van der Waals surface area contributed by atoms with Crippen molar-refractivity contribution in [2.75, 3.05) is 23.7 Å². The van der Waals surface area contributed by atoms with E-state index in [4.69, 9.17) is 0 Å². The Balaban J connectivity index is 2.33. The van der Waals surface area contributed by atoms with E-state index in [0.29, 0.717) is 12.1 Å². The lowest BCUT2D eigenvalue weighted by Gasteiger charge is -2.32. The first-order valence-electron chi connectivity index (χ1n) is 11.3. The number of anilines is 1. The number of aryl methyl sites for hydroxylation is 1. The molecule has 9 heteroatoms. The average molecular weight is 553 g/mol. The number of amides is 2. The van der Waals surface area contributed by atoms with Crippen molar-refractivity contribution in [3.63, 3.8) is 0 Å². The van der Waals surface area contributed by atoms with Gasteiger partial charge in [0.15, 0.2) is 0 Å². The number of nitrogens with one attached hydrogen (secondary N) is 1. The molecule has 0 aliphatic carbocycles. The predicted molar refractivity (Wildman–Crippen MR) is 140 cm³/mol. The number of hydrogen-bond donors (Lipinski definition) is 1. The van der Waals surface area contributed by atoms with Crippen molar-refractivity contribution >= 4 is 43.5 Å². The molecule has 34 heavy (non-hydrogen) atoms. The molecule has 2 rings (SSSR count). The molecule has 1 N–H and O–H groups in total. The van der Waals surface area contributed by atoms with E-state index in [9.17, 15) is 18.0 Å². The van der Waals surface area contributed by atoms with Crippen LogP contribution in [0, 0.1) is 6.92 Å². The quantitative estimate of drug-likeness (QED) is 0.458. The number of nitrogens with zero attached hydrogens (tertiary/aromatic N) is 2. The maximum Gasteiger partial charge on any atom is 0.244 e. The summed E-state index contributed by atoms with van der Waals surface area (Å²) < 4.78 is 27.2. The van der Waals surface area contributed by atoms with Crippen LogP contribution in [0.4, 0.5) is 5.69 Å². The van der Waals surface area contributed by atoms with E-state index in [1.54, 1.807) is 25.1 Å². The number of carbonyl (C=O) groups is 2. The molecule has 0 aliphatic rings. The van der Waals surface area contributed by atoms with Gasteiger partial charge < -0.3 is 10.2 Å². The standard InChI is InChI=1S/C25H34BrN3O4S/c1-6-19(3)27-25(31)20(4)28(15-14-21-10-8-7-9-11-21)24(30)17-29(34(5,32)33)22-12-13-23(26)18(2)16-22/h7-13,16,19-20H,6,14-15,17H2,1-5H3,(H,27,31)/t19-,20+/m1/s1. The smallest absolute Gasteiger partial charge is 0.244 e. The van der Waals surface area contributed by atoms with Gasteiger partial charge in [0.1, 0.15) is 12.6 Å². The van der Waals surface area contributed by atoms with Gasteiger partial charge in [-0.15, -0.1) is 0 Å². The average Bonchev–Trinajstić information content (AvgIpc) is 2.79. The second kappa shape index (κ2) is 12.4. The number of sulfonamides is 1. The third kappa shape index (κ3) is 7.84. The molecule has 0 radical (unpaired) electrons. The van der Waals surface area contributed by atoms with Gasteiger partial charge in [-0.2, -0.15) is 0 Å². The molecule has 0 aromatic heterocycles. The number of benzene rings is 2. The zero-order valence-corrected chi connectivity index (χ0v) is 22.8. The van der Waals surface area contributed by atoms with E-state index >= 15 is 0 Å². The summed E-state index contributed by atoms with van der Waals surface area (Å²) in [4.78, 5) is 27.8. The Morgan fingerprint density at radius 2 is 1.74 bits per heavy atom.